The van der Waals surface area contributed by atoms with Crippen LogP contribution in [0, 0.1) is 0 Å². The molecule has 5 nitrogen and oxygen atoms in total. The number of benzene rings is 1. The first-order valence-electron chi connectivity index (χ1n) is 8.00. The molecule has 1 fully saturated rings. The van der Waals surface area contributed by atoms with Gasteiger partial charge in [-0.2, -0.15) is 0 Å². The maximum Gasteiger partial charge on any atom is 0.192 e. The highest BCUT2D eigenvalue weighted by Crippen LogP contribution is 2.34. The van der Waals surface area contributed by atoms with Gasteiger partial charge in [-0.1, -0.05) is 30.3 Å². The predicted octanol–water partition coefficient (Wildman–Crippen LogP) is 3.58. The lowest BCUT2D eigenvalue weighted by Crippen LogP contribution is -2.21. The molecule has 1 atom stereocenters. The minimum absolute atomic E-state index is 0.0174. The van der Waals surface area contributed by atoms with Crippen molar-refractivity contribution in [2.45, 2.75) is 49.6 Å². The van der Waals surface area contributed by atoms with Crippen molar-refractivity contribution in [1.82, 2.24) is 14.8 Å². The molecule has 0 radical (unpaired) electrons. The summed E-state index contributed by atoms with van der Waals surface area (Å²) in [4.78, 5) is 12.1. The van der Waals surface area contributed by atoms with Crippen molar-refractivity contribution in [3.63, 3.8) is 0 Å². The highest BCUT2D eigenvalue weighted by molar-refractivity contribution is 8.00. The van der Waals surface area contributed by atoms with Crippen molar-refractivity contribution in [2.75, 3.05) is 7.11 Å². The second kappa shape index (κ2) is 7.17. The fourth-order valence-corrected chi connectivity index (χ4v) is 4.11. The maximum atomic E-state index is 12.1. The summed E-state index contributed by atoms with van der Waals surface area (Å²) in [6, 6.07) is 7.80. The van der Waals surface area contributed by atoms with Crippen LogP contribution < -0.4 is 4.74 Å². The molecular formula is C17H21N3O2S. The van der Waals surface area contributed by atoms with Gasteiger partial charge in [0, 0.05) is 13.0 Å². The molecule has 2 aromatic rings. The molecule has 23 heavy (non-hydrogen) atoms. The van der Waals surface area contributed by atoms with E-state index in [0.29, 0.717) is 12.2 Å². The molecule has 122 valence electrons. The lowest BCUT2D eigenvalue weighted by molar-refractivity contribution is -0.119. The van der Waals surface area contributed by atoms with Gasteiger partial charge in [-0.15, -0.1) is 10.2 Å². The molecule has 1 aliphatic carbocycles. The van der Waals surface area contributed by atoms with E-state index in [1.165, 1.54) is 0 Å². The summed E-state index contributed by atoms with van der Waals surface area (Å²) >= 11 is 1.55. The molecule has 3 rings (SSSR count). The molecule has 1 aromatic carbocycles. The second-order valence-corrected chi connectivity index (χ2v) is 6.74. The Morgan fingerprint density at radius 3 is 2.87 bits per heavy atom. The summed E-state index contributed by atoms with van der Waals surface area (Å²) in [6.45, 7) is 2.82. The van der Waals surface area contributed by atoms with Crippen LogP contribution >= 0.6 is 11.8 Å². The first kappa shape index (κ1) is 16.1. The molecule has 0 amide bonds. The quantitative estimate of drug-likeness (QED) is 0.838. The highest BCUT2D eigenvalue weighted by atomic mass is 32.2. The molecule has 1 heterocycles. The zero-order valence-electron chi connectivity index (χ0n) is 13.5. The van der Waals surface area contributed by atoms with E-state index < -0.39 is 0 Å². The molecule has 1 saturated carbocycles. The third-order valence-electron chi connectivity index (χ3n) is 4.13. The van der Waals surface area contributed by atoms with E-state index in [2.05, 4.69) is 21.7 Å². The Morgan fingerprint density at radius 2 is 2.13 bits per heavy atom. The SMILES string of the molecule is CCn1c(SC2CCCCC2=O)nnc1-c1ccccc1OC. The highest BCUT2D eigenvalue weighted by Gasteiger charge is 2.26. The van der Waals surface area contributed by atoms with Crippen molar-refractivity contribution >= 4 is 17.5 Å². The average molecular weight is 331 g/mol. The molecule has 0 spiro atoms. The maximum absolute atomic E-state index is 12.1. The van der Waals surface area contributed by atoms with Crippen LogP contribution in [0.3, 0.4) is 0 Å². The van der Waals surface area contributed by atoms with Crippen LogP contribution in [0.4, 0.5) is 0 Å². The lowest BCUT2D eigenvalue weighted by atomic mass is 9.99. The van der Waals surface area contributed by atoms with E-state index in [4.69, 9.17) is 4.74 Å². The van der Waals surface area contributed by atoms with Gasteiger partial charge in [0.2, 0.25) is 0 Å². The van der Waals surface area contributed by atoms with Gasteiger partial charge >= 0.3 is 0 Å². The molecule has 1 aromatic heterocycles. The molecule has 1 aliphatic rings. The van der Waals surface area contributed by atoms with Crippen LogP contribution in [0.15, 0.2) is 29.4 Å². The minimum atomic E-state index is 0.0174. The molecule has 0 N–H and O–H groups in total. The van der Waals surface area contributed by atoms with Crippen LogP contribution in [0.25, 0.3) is 11.4 Å². The van der Waals surface area contributed by atoms with Gasteiger partial charge in [-0.25, -0.2) is 0 Å². The van der Waals surface area contributed by atoms with Gasteiger partial charge in [0.25, 0.3) is 0 Å². The van der Waals surface area contributed by atoms with Gasteiger partial charge < -0.3 is 9.30 Å². The second-order valence-electron chi connectivity index (χ2n) is 5.57. The van der Waals surface area contributed by atoms with Gasteiger partial charge in [0.15, 0.2) is 11.0 Å². The summed E-state index contributed by atoms with van der Waals surface area (Å²) in [5.74, 6) is 1.90. The molecule has 1 unspecified atom stereocenters. The van der Waals surface area contributed by atoms with Gasteiger partial charge in [0.05, 0.1) is 17.9 Å². The zero-order valence-corrected chi connectivity index (χ0v) is 14.3. The fourth-order valence-electron chi connectivity index (χ4n) is 2.89. The van der Waals surface area contributed by atoms with Gasteiger partial charge in [0.1, 0.15) is 11.5 Å². The number of nitrogens with zero attached hydrogens (tertiary/aromatic N) is 3. The summed E-state index contributed by atoms with van der Waals surface area (Å²) in [5, 5.41) is 9.52. The van der Waals surface area contributed by atoms with Crippen molar-refractivity contribution in [1.29, 1.82) is 0 Å². The lowest BCUT2D eigenvalue weighted by Gasteiger charge is -2.19. The van der Waals surface area contributed by atoms with E-state index in [1.807, 2.05) is 24.3 Å². The zero-order chi connectivity index (χ0) is 16.2. The van der Waals surface area contributed by atoms with Crippen LogP contribution in [0.2, 0.25) is 0 Å². The van der Waals surface area contributed by atoms with Crippen molar-refractivity contribution in [3.8, 4) is 17.1 Å². The van der Waals surface area contributed by atoms with Crippen LogP contribution in [0.1, 0.15) is 32.6 Å². The normalized spacial score (nSPS) is 18.2. The van der Waals surface area contributed by atoms with Crippen molar-refractivity contribution in [3.05, 3.63) is 24.3 Å². The summed E-state index contributed by atoms with van der Waals surface area (Å²) < 4.78 is 7.49. The number of para-hydroxylation sites is 1. The number of ketones is 1. The number of ether oxygens (including phenoxy) is 1. The van der Waals surface area contributed by atoms with Crippen LogP contribution in [-0.2, 0) is 11.3 Å². The number of Topliss-reactive ketones (excluding diaryl/α,β-unsaturated/α-hetero) is 1. The van der Waals surface area contributed by atoms with Crippen LogP contribution in [-0.4, -0.2) is 32.9 Å². The van der Waals surface area contributed by atoms with E-state index >= 15 is 0 Å². The Hall–Kier alpha value is -1.82. The predicted molar refractivity (Wildman–Crippen MR) is 90.8 cm³/mol. The van der Waals surface area contributed by atoms with E-state index in [0.717, 1.165) is 48.1 Å². The molecule has 0 saturated heterocycles. The largest absolute Gasteiger partial charge is 0.496 e. The Balaban J connectivity index is 1.92. The van der Waals surface area contributed by atoms with Gasteiger partial charge in [-0.3, -0.25) is 4.79 Å². The number of hydrogen-bond donors (Lipinski definition) is 0. The Kier molecular flexibility index (Phi) is 5.00. The summed E-state index contributed by atoms with van der Waals surface area (Å²) in [6.07, 6.45) is 3.76. The number of carbonyl (C=O) groups is 1. The van der Waals surface area contributed by atoms with Crippen molar-refractivity contribution < 1.29 is 9.53 Å². The molecule has 0 bridgehead atoms. The number of methoxy groups -OCH3 is 1. The third kappa shape index (κ3) is 3.27. The molecular weight excluding hydrogens is 310 g/mol. The molecule has 6 heteroatoms. The topological polar surface area (TPSA) is 57.0 Å². The number of rotatable bonds is 5. The smallest absolute Gasteiger partial charge is 0.192 e. The number of hydrogen-bond acceptors (Lipinski definition) is 5. The average Bonchev–Trinajstić information content (AvgIpc) is 2.99. The van der Waals surface area contributed by atoms with Crippen molar-refractivity contribution in [2.24, 2.45) is 0 Å². The van der Waals surface area contributed by atoms with E-state index in [-0.39, 0.29) is 5.25 Å². The summed E-state index contributed by atoms with van der Waals surface area (Å²) in [7, 11) is 1.65. The fraction of sp³-hybridized carbons (Fsp3) is 0.471. The number of carbonyl (C=O) groups excluding carboxylic acids is 1. The third-order valence-corrected chi connectivity index (χ3v) is 5.42. The Morgan fingerprint density at radius 1 is 1.30 bits per heavy atom. The first-order chi connectivity index (χ1) is 11.2. The van der Waals surface area contributed by atoms with Crippen LogP contribution in [0.5, 0.6) is 5.75 Å². The minimum Gasteiger partial charge on any atom is -0.496 e. The first-order valence-corrected chi connectivity index (χ1v) is 8.88. The standard InChI is InChI=1S/C17H21N3O2S/c1-3-20-16(12-8-4-6-10-14(12)22-2)18-19-17(20)23-15-11-7-5-9-13(15)21/h4,6,8,10,15H,3,5,7,9,11H2,1-2H3. The molecule has 0 aliphatic heterocycles. The number of aromatic nitrogens is 3. The van der Waals surface area contributed by atoms with Gasteiger partial charge in [-0.05, 0) is 31.9 Å². The summed E-state index contributed by atoms with van der Waals surface area (Å²) in [5.41, 5.74) is 0.922. The Labute approximate surface area is 140 Å². The Bertz CT molecular complexity index is 699. The van der Waals surface area contributed by atoms with E-state index in [1.54, 1.807) is 18.9 Å². The van der Waals surface area contributed by atoms with E-state index in [9.17, 15) is 4.79 Å². The number of thioether (sulfide) groups is 1. The monoisotopic (exact) mass is 331 g/mol.